The maximum absolute atomic E-state index is 6.66. The molecular weight excluding hydrogens is 308 g/mol. The first-order valence-electron chi connectivity index (χ1n) is 6.88. The van der Waals surface area contributed by atoms with Crippen LogP contribution >= 0.6 is 27.3 Å². The Balaban J connectivity index is 2.31. The third kappa shape index (κ3) is 2.40. The topological polar surface area (TPSA) is 29.3 Å². The molecule has 1 aliphatic rings. The first kappa shape index (κ1) is 14.5. The summed E-state index contributed by atoms with van der Waals surface area (Å²) in [5.41, 5.74) is 8.05. The van der Waals surface area contributed by atoms with Crippen molar-refractivity contribution in [2.75, 3.05) is 13.1 Å². The quantitative estimate of drug-likeness (QED) is 0.878. The van der Waals surface area contributed by atoms with E-state index >= 15 is 0 Å². The molecule has 0 bridgehead atoms. The lowest BCUT2D eigenvalue weighted by atomic mass is 9.80. The van der Waals surface area contributed by atoms with Crippen LogP contribution in [0.15, 0.2) is 15.2 Å². The van der Waals surface area contributed by atoms with Gasteiger partial charge in [0.15, 0.2) is 0 Å². The SMILES string of the molecule is CCC(CC)(C(N)c1cscc1Br)N1CCCC1. The van der Waals surface area contributed by atoms with Crippen molar-refractivity contribution in [3.63, 3.8) is 0 Å². The monoisotopic (exact) mass is 330 g/mol. The Labute approximate surface area is 123 Å². The largest absolute Gasteiger partial charge is 0.322 e. The highest BCUT2D eigenvalue weighted by Crippen LogP contribution is 2.41. The Morgan fingerprint density at radius 2 is 1.94 bits per heavy atom. The summed E-state index contributed by atoms with van der Waals surface area (Å²) >= 11 is 5.37. The fourth-order valence-corrected chi connectivity index (χ4v) is 4.88. The van der Waals surface area contributed by atoms with Crippen LogP contribution in [0.2, 0.25) is 0 Å². The molecular formula is C14H23BrN2S. The zero-order valence-corrected chi connectivity index (χ0v) is 13.7. The van der Waals surface area contributed by atoms with Crippen molar-refractivity contribution in [2.45, 2.75) is 51.1 Å². The molecule has 1 aromatic heterocycles. The van der Waals surface area contributed by atoms with E-state index in [0.717, 1.165) is 12.8 Å². The minimum Gasteiger partial charge on any atom is -0.322 e. The molecule has 0 aromatic carbocycles. The van der Waals surface area contributed by atoms with Gasteiger partial charge in [0, 0.05) is 15.4 Å². The van der Waals surface area contributed by atoms with E-state index in [1.165, 1.54) is 36.0 Å². The van der Waals surface area contributed by atoms with Crippen LogP contribution in [-0.4, -0.2) is 23.5 Å². The van der Waals surface area contributed by atoms with Crippen molar-refractivity contribution in [1.82, 2.24) is 4.90 Å². The Bertz CT molecular complexity index is 381. The summed E-state index contributed by atoms with van der Waals surface area (Å²) in [5, 5.41) is 4.33. The van der Waals surface area contributed by atoms with E-state index in [4.69, 9.17) is 5.73 Å². The maximum Gasteiger partial charge on any atom is 0.0501 e. The second kappa shape index (κ2) is 6.04. The molecule has 1 atom stereocenters. The number of hydrogen-bond donors (Lipinski definition) is 1. The molecule has 0 spiro atoms. The Hall–Kier alpha value is 0.1000. The molecule has 0 aliphatic carbocycles. The van der Waals surface area contributed by atoms with Crippen LogP contribution < -0.4 is 5.73 Å². The molecule has 4 heteroatoms. The fraction of sp³-hybridized carbons (Fsp3) is 0.714. The zero-order chi connectivity index (χ0) is 13.2. The predicted molar refractivity (Wildman–Crippen MR) is 83.1 cm³/mol. The second-order valence-electron chi connectivity index (χ2n) is 5.16. The van der Waals surface area contributed by atoms with E-state index in [2.05, 4.69) is 45.4 Å². The van der Waals surface area contributed by atoms with Gasteiger partial charge in [-0.25, -0.2) is 0 Å². The van der Waals surface area contributed by atoms with Crippen LogP contribution in [0.3, 0.4) is 0 Å². The normalized spacial score (nSPS) is 19.3. The Kier molecular flexibility index (Phi) is 4.86. The van der Waals surface area contributed by atoms with E-state index in [1.54, 1.807) is 11.3 Å². The summed E-state index contributed by atoms with van der Waals surface area (Å²) in [6.07, 6.45) is 4.87. The summed E-state index contributed by atoms with van der Waals surface area (Å²) in [6, 6.07) is 0.103. The van der Waals surface area contributed by atoms with Crippen LogP contribution in [0.25, 0.3) is 0 Å². The Morgan fingerprint density at radius 3 is 2.39 bits per heavy atom. The van der Waals surface area contributed by atoms with Crippen molar-refractivity contribution >= 4 is 27.3 Å². The summed E-state index contributed by atoms with van der Waals surface area (Å²) < 4.78 is 1.17. The molecule has 1 saturated heterocycles. The summed E-state index contributed by atoms with van der Waals surface area (Å²) in [6.45, 7) is 6.97. The van der Waals surface area contributed by atoms with Crippen molar-refractivity contribution in [3.05, 3.63) is 20.8 Å². The molecule has 2 nitrogen and oxygen atoms in total. The van der Waals surface area contributed by atoms with Gasteiger partial charge in [0.1, 0.15) is 0 Å². The van der Waals surface area contributed by atoms with Gasteiger partial charge in [-0.3, -0.25) is 4.90 Å². The third-order valence-electron chi connectivity index (χ3n) is 4.52. The van der Waals surface area contributed by atoms with Gasteiger partial charge in [-0.2, -0.15) is 11.3 Å². The molecule has 2 N–H and O–H groups in total. The molecule has 1 aliphatic heterocycles. The minimum absolute atomic E-state index is 0.103. The number of nitrogens with two attached hydrogens (primary N) is 1. The molecule has 2 rings (SSSR count). The molecule has 1 unspecified atom stereocenters. The number of hydrogen-bond acceptors (Lipinski definition) is 3. The van der Waals surface area contributed by atoms with Crippen molar-refractivity contribution in [1.29, 1.82) is 0 Å². The molecule has 1 fully saturated rings. The van der Waals surface area contributed by atoms with Crippen LogP contribution in [0, 0.1) is 0 Å². The molecule has 18 heavy (non-hydrogen) atoms. The number of rotatable bonds is 5. The molecule has 102 valence electrons. The summed E-state index contributed by atoms with van der Waals surface area (Å²) in [5.74, 6) is 0. The molecule has 1 aromatic rings. The van der Waals surface area contributed by atoms with Gasteiger partial charge < -0.3 is 5.73 Å². The average Bonchev–Trinajstić information content (AvgIpc) is 3.02. The van der Waals surface area contributed by atoms with Gasteiger partial charge in [0.05, 0.1) is 6.04 Å². The smallest absolute Gasteiger partial charge is 0.0501 e. The second-order valence-corrected chi connectivity index (χ2v) is 6.76. The first-order valence-corrected chi connectivity index (χ1v) is 8.61. The van der Waals surface area contributed by atoms with Crippen LogP contribution in [0.4, 0.5) is 0 Å². The lowest BCUT2D eigenvalue weighted by Crippen LogP contribution is -2.53. The van der Waals surface area contributed by atoms with Crippen molar-refractivity contribution < 1.29 is 0 Å². The van der Waals surface area contributed by atoms with Crippen molar-refractivity contribution in [2.24, 2.45) is 5.73 Å². The van der Waals surface area contributed by atoms with E-state index in [1.807, 2.05) is 0 Å². The molecule has 0 amide bonds. The molecule has 0 saturated carbocycles. The lowest BCUT2D eigenvalue weighted by molar-refractivity contribution is 0.0766. The fourth-order valence-electron chi connectivity index (χ4n) is 3.30. The highest BCUT2D eigenvalue weighted by atomic mass is 79.9. The lowest BCUT2D eigenvalue weighted by Gasteiger charge is -2.45. The zero-order valence-electron chi connectivity index (χ0n) is 11.3. The standard InChI is InChI=1S/C14H23BrN2S/c1-3-14(4-2,17-7-5-6-8-17)13(16)11-9-18-10-12(11)15/h9-10,13H,3-8,16H2,1-2H3. The average molecular weight is 331 g/mol. The van der Waals surface area contributed by atoms with E-state index < -0.39 is 0 Å². The van der Waals surface area contributed by atoms with Crippen LogP contribution in [0.5, 0.6) is 0 Å². The van der Waals surface area contributed by atoms with E-state index in [-0.39, 0.29) is 11.6 Å². The van der Waals surface area contributed by atoms with E-state index in [9.17, 15) is 0 Å². The highest BCUT2D eigenvalue weighted by Gasteiger charge is 2.41. The number of likely N-dealkylation sites (tertiary alicyclic amines) is 1. The summed E-state index contributed by atoms with van der Waals surface area (Å²) in [7, 11) is 0. The van der Waals surface area contributed by atoms with Gasteiger partial charge in [-0.1, -0.05) is 13.8 Å². The van der Waals surface area contributed by atoms with E-state index in [0.29, 0.717) is 0 Å². The van der Waals surface area contributed by atoms with Gasteiger partial charge in [0.2, 0.25) is 0 Å². The minimum atomic E-state index is 0.103. The maximum atomic E-state index is 6.66. The molecule has 2 heterocycles. The first-order chi connectivity index (χ1) is 8.65. The van der Waals surface area contributed by atoms with Crippen LogP contribution in [0.1, 0.15) is 51.1 Å². The van der Waals surface area contributed by atoms with Gasteiger partial charge in [-0.05, 0) is 65.6 Å². The van der Waals surface area contributed by atoms with Gasteiger partial charge in [-0.15, -0.1) is 0 Å². The number of halogens is 1. The number of nitrogens with zero attached hydrogens (tertiary/aromatic N) is 1. The van der Waals surface area contributed by atoms with Crippen molar-refractivity contribution in [3.8, 4) is 0 Å². The van der Waals surface area contributed by atoms with Gasteiger partial charge >= 0.3 is 0 Å². The number of thiophene rings is 1. The predicted octanol–water partition coefficient (Wildman–Crippen LogP) is 4.17. The third-order valence-corrected chi connectivity index (χ3v) is 6.27. The Morgan fingerprint density at radius 1 is 1.33 bits per heavy atom. The van der Waals surface area contributed by atoms with Gasteiger partial charge in [0.25, 0.3) is 0 Å². The highest BCUT2D eigenvalue weighted by molar-refractivity contribution is 9.10. The molecule has 0 radical (unpaired) electrons. The summed E-state index contributed by atoms with van der Waals surface area (Å²) in [4.78, 5) is 2.63. The van der Waals surface area contributed by atoms with Crippen LogP contribution in [-0.2, 0) is 0 Å².